The predicted molar refractivity (Wildman–Crippen MR) is 120 cm³/mol. The first kappa shape index (κ1) is 18.9. The van der Waals surface area contributed by atoms with Crippen molar-refractivity contribution >= 4 is 28.5 Å². The molecule has 6 nitrogen and oxygen atoms in total. The number of benzene rings is 2. The van der Waals surface area contributed by atoms with Crippen molar-refractivity contribution in [2.24, 2.45) is 0 Å². The summed E-state index contributed by atoms with van der Waals surface area (Å²) in [6.07, 6.45) is 0. The normalized spacial score (nSPS) is 14.2. The molecule has 1 aliphatic heterocycles. The number of hydrogen-bond donors (Lipinski definition) is 2. The number of aromatic amines is 1. The number of anilines is 1. The van der Waals surface area contributed by atoms with Gasteiger partial charge in [-0.05, 0) is 24.3 Å². The summed E-state index contributed by atoms with van der Waals surface area (Å²) in [6.45, 7) is 4.13. The predicted octanol–water partition coefficient (Wildman–Crippen LogP) is 4.27. The van der Waals surface area contributed by atoms with Gasteiger partial charge in [0.05, 0.1) is 11.1 Å². The molecule has 1 saturated heterocycles. The molecule has 0 amide bonds. The Balaban J connectivity index is 1.51. The van der Waals surface area contributed by atoms with Crippen LogP contribution >= 0.6 is 11.6 Å². The summed E-state index contributed by atoms with van der Waals surface area (Å²) in [5.41, 5.74) is 2.77. The van der Waals surface area contributed by atoms with E-state index in [9.17, 15) is 0 Å². The summed E-state index contributed by atoms with van der Waals surface area (Å²) in [7, 11) is 0. The van der Waals surface area contributed by atoms with E-state index >= 15 is 0 Å². The molecule has 3 heterocycles. The summed E-state index contributed by atoms with van der Waals surface area (Å²) >= 11 is 6.06. The second kappa shape index (κ2) is 8.34. The third-order valence-electron chi connectivity index (χ3n) is 5.16. The topological polar surface area (TPSA) is 66.1 Å². The molecular weight excluding hydrogens is 398 g/mol. The summed E-state index contributed by atoms with van der Waals surface area (Å²) in [5, 5.41) is 5.07. The molecule has 2 N–H and O–H groups in total. The zero-order valence-corrected chi connectivity index (χ0v) is 17.2. The maximum absolute atomic E-state index is 6.06. The van der Waals surface area contributed by atoms with E-state index in [1.807, 2.05) is 54.6 Å². The lowest BCUT2D eigenvalue weighted by atomic mass is 10.2. The Morgan fingerprint density at radius 3 is 2.60 bits per heavy atom. The Morgan fingerprint density at radius 2 is 1.80 bits per heavy atom. The first-order valence-corrected chi connectivity index (χ1v) is 10.4. The molecule has 5 rings (SSSR count). The number of nitrogens with one attached hydrogen (secondary N) is 2. The van der Waals surface area contributed by atoms with Crippen molar-refractivity contribution in [1.82, 2.24) is 20.3 Å². The fraction of sp³-hybridized carbons (Fsp3) is 0.217. The Labute approximate surface area is 179 Å². The number of H-pyrrole nitrogens is 1. The van der Waals surface area contributed by atoms with Crippen LogP contribution < -0.4 is 15.0 Å². The van der Waals surface area contributed by atoms with E-state index in [1.165, 1.54) is 0 Å². The highest BCUT2D eigenvalue weighted by Crippen LogP contribution is 2.29. The van der Waals surface area contributed by atoms with Crippen LogP contribution in [-0.4, -0.2) is 41.1 Å². The fourth-order valence-corrected chi connectivity index (χ4v) is 3.86. The second-order valence-electron chi connectivity index (χ2n) is 7.28. The van der Waals surface area contributed by atoms with Crippen molar-refractivity contribution in [2.45, 2.75) is 6.61 Å². The van der Waals surface area contributed by atoms with Crippen LogP contribution in [0, 0.1) is 0 Å². The number of rotatable bonds is 5. The number of halogens is 1. The summed E-state index contributed by atoms with van der Waals surface area (Å²) in [4.78, 5) is 15.5. The largest absolute Gasteiger partial charge is 0.487 e. The molecule has 2 aromatic heterocycles. The second-order valence-corrected chi connectivity index (χ2v) is 7.71. The summed E-state index contributed by atoms with van der Waals surface area (Å²) in [5.74, 6) is 2.42. The molecule has 0 spiro atoms. The van der Waals surface area contributed by atoms with E-state index in [0.717, 1.165) is 65.9 Å². The minimum absolute atomic E-state index is 0.401. The van der Waals surface area contributed by atoms with Crippen LogP contribution in [0.4, 0.5) is 5.82 Å². The zero-order valence-electron chi connectivity index (χ0n) is 16.4. The van der Waals surface area contributed by atoms with Crippen LogP contribution in [0.3, 0.4) is 0 Å². The van der Waals surface area contributed by atoms with Crippen molar-refractivity contribution in [3.05, 3.63) is 71.4 Å². The van der Waals surface area contributed by atoms with Gasteiger partial charge in [0, 0.05) is 36.8 Å². The molecule has 30 heavy (non-hydrogen) atoms. The number of nitrogens with zero attached hydrogens (tertiary/aromatic N) is 3. The SMILES string of the molecule is Clc1cccc(OCc2cc3c(N4CCNCC4)nc(-c4ccccc4)nc3[nH]2)c1. The Kier molecular flexibility index (Phi) is 5.26. The lowest BCUT2D eigenvalue weighted by molar-refractivity contribution is 0.302. The smallest absolute Gasteiger partial charge is 0.163 e. The van der Waals surface area contributed by atoms with Gasteiger partial charge in [0.2, 0.25) is 0 Å². The van der Waals surface area contributed by atoms with Crippen LogP contribution in [0.25, 0.3) is 22.4 Å². The monoisotopic (exact) mass is 419 g/mol. The highest BCUT2D eigenvalue weighted by Gasteiger charge is 2.19. The molecule has 0 atom stereocenters. The average Bonchev–Trinajstić information content (AvgIpc) is 3.21. The quantitative estimate of drug-likeness (QED) is 0.505. The molecule has 0 bridgehead atoms. The first-order valence-electron chi connectivity index (χ1n) is 10.1. The Bertz CT molecular complexity index is 1150. The number of ether oxygens (including phenoxy) is 1. The van der Waals surface area contributed by atoms with Crippen molar-refractivity contribution in [1.29, 1.82) is 0 Å². The van der Waals surface area contributed by atoms with E-state index in [1.54, 1.807) is 0 Å². The maximum atomic E-state index is 6.06. The van der Waals surface area contributed by atoms with Crippen LogP contribution in [-0.2, 0) is 6.61 Å². The standard InChI is InChI=1S/C23H22ClN5O/c24-17-7-4-8-19(13-17)30-15-18-14-20-22(26-18)27-21(16-5-2-1-3-6-16)28-23(20)29-11-9-25-10-12-29/h1-8,13-14,25H,9-12,15H2,(H,26,27,28). The molecule has 0 aliphatic carbocycles. The van der Waals surface area contributed by atoms with Crippen LogP contribution in [0.1, 0.15) is 5.69 Å². The molecule has 0 unspecified atom stereocenters. The third kappa shape index (κ3) is 3.97. The lowest BCUT2D eigenvalue weighted by Crippen LogP contribution is -2.44. The van der Waals surface area contributed by atoms with Gasteiger partial charge >= 0.3 is 0 Å². The van der Waals surface area contributed by atoms with Crippen molar-refractivity contribution < 1.29 is 4.74 Å². The minimum atomic E-state index is 0.401. The van der Waals surface area contributed by atoms with Gasteiger partial charge in [0.25, 0.3) is 0 Å². The first-order chi connectivity index (χ1) is 14.8. The minimum Gasteiger partial charge on any atom is -0.487 e. The van der Waals surface area contributed by atoms with Gasteiger partial charge in [-0.3, -0.25) is 0 Å². The maximum Gasteiger partial charge on any atom is 0.163 e. The van der Waals surface area contributed by atoms with E-state index in [4.69, 9.17) is 26.3 Å². The summed E-state index contributed by atoms with van der Waals surface area (Å²) < 4.78 is 5.92. The van der Waals surface area contributed by atoms with Crippen molar-refractivity contribution in [3.63, 3.8) is 0 Å². The molecule has 7 heteroatoms. The van der Waals surface area contributed by atoms with Crippen LogP contribution in [0.2, 0.25) is 5.02 Å². The highest BCUT2D eigenvalue weighted by atomic mass is 35.5. The van der Waals surface area contributed by atoms with Gasteiger partial charge in [-0.2, -0.15) is 0 Å². The van der Waals surface area contributed by atoms with Crippen molar-refractivity contribution in [3.8, 4) is 17.1 Å². The summed E-state index contributed by atoms with van der Waals surface area (Å²) in [6, 6.07) is 19.6. The van der Waals surface area contributed by atoms with Gasteiger partial charge < -0.3 is 19.9 Å². The molecule has 1 aliphatic rings. The van der Waals surface area contributed by atoms with Gasteiger partial charge in [-0.1, -0.05) is 48.0 Å². The van der Waals surface area contributed by atoms with Gasteiger partial charge in [-0.25, -0.2) is 9.97 Å². The average molecular weight is 420 g/mol. The molecule has 1 fully saturated rings. The van der Waals surface area contributed by atoms with Crippen molar-refractivity contribution in [2.75, 3.05) is 31.1 Å². The van der Waals surface area contributed by atoms with Gasteiger partial charge in [0.1, 0.15) is 23.8 Å². The van der Waals surface area contributed by atoms with Gasteiger partial charge in [-0.15, -0.1) is 0 Å². The Hall–Kier alpha value is -3.09. The molecule has 0 radical (unpaired) electrons. The number of piperazine rings is 1. The van der Waals surface area contributed by atoms with Gasteiger partial charge in [0.15, 0.2) is 5.82 Å². The van der Waals surface area contributed by atoms with E-state index in [0.29, 0.717) is 11.6 Å². The number of fused-ring (bicyclic) bond motifs is 1. The third-order valence-corrected chi connectivity index (χ3v) is 5.40. The number of aromatic nitrogens is 3. The van der Waals surface area contributed by atoms with Crippen LogP contribution in [0.15, 0.2) is 60.7 Å². The highest BCUT2D eigenvalue weighted by molar-refractivity contribution is 6.30. The molecule has 0 saturated carbocycles. The molecule has 152 valence electrons. The molecular formula is C23H22ClN5O. The Morgan fingerprint density at radius 1 is 0.967 bits per heavy atom. The fourth-order valence-electron chi connectivity index (χ4n) is 3.68. The molecule has 2 aromatic carbocycles. The van der Waals surface area contributed by atoms with E-state index in [-0.39, 0.29) is 0 Å². The zero-order chi connectivity index (χ0) is 20.3. The van der Waals surface area contributed by atoms with E-state index in [2.05, 4.69) is 21.3 Å². The lowest BCUT2D eigenvalue weighted by Gasteiger charge is -2.29. The number of hydrogen-bond acceptors (Lipinski definition) is 5. The molecule has 4 aromatic rings. The van der Waals surface area contributed by atoms with E-state index < -0.39 is 0 Å². The van der Waals surface area contributed by atoms with Crippen LogP contribution in [0.5, 0.6) is 5.75 Å².